The molecule has 0 unspecified atom stereocenters. The predicted molar refractivity (Wildman–Crippen MR) is 115 cm³/mol. The highest BCUT2D eigenvalue weighted by Gasteiger charge is 2.17. The minimum atomic E-state index is 0.884. The molecule has 0 atom stereocenters. The molecular formula is C22H24N4S. The molecule has 0 saturated heterocycles. The zero-order valence-electron chi connectivity index (χ0n) is 16.0. The van der Waals surface area contributed by atoms with Crippen LogP contribution in [-0.4, -0.2) is 28.0 Å². The van der Waals surface area contributed by atoms with E-state index in [1.54, 1.807) is 11.3 Å². The molecular weight excluding hydrogens is 352 g/mol. The Morgan fingerprint density at radius 2 is 1.85 bits per heavy atom. The lowest BCUT2D eigenvalue weighted by atomic mass is 10.0. The van der Waals surface area contributed by atoms with Gasteiger partial charge < -0.3 is 9.88 Å². The number of aryl methyl sites for hydroxylation is 1. The summed E-state index contributed by atoms with van der Waals surface area (Å²) in [6.45, 7) is 8.44. The van der Waals surface area contributed by atoms with Gasteiger partial charge in [0.1, 0.15) is 5.65 Å². The number of hydrogen-bond acceptors (Lipinski definition) is 4. The van der Waals surface area contributed by atoms with Crippen LogP contribution in [0.1, 0.15) is 29.9 Å². The van der Waals surface area contributed by atoms with Crippen LogP contribution in [0.2, 0.25) is 0 Å². The van der Waals surface area contributed by atoms with Crippen LogP contribution in [0.3, 0.4) is 0 Å². The number of rotatable bonds is 6. The Morgan fingerprint density at radius 1 is 1.07 bits per heavy atom. The summed E-state index contributed by atoms with van der Waals surface area (Å²) in [5.74, 6) is 0. The SMILES string of the molecule is CCN(CC)c1nc(-c2c[nH]c3ncc(Cc4ccccc4)cc23)c(C)s1. The van der Waals surface area contributed by atoms with Crippen LogP contribution in [0.15, 0.2) is 48.8 Å². The van der Waals surface area contributed by atoms with Gasteiger partial charge in [-0.1, -0.05) is 30.3 Å². The van der Waals surface area contributed by atoms with E-state index in [-0.39, 0.29) is 0 Å². The number of pyridine rings is 1. The molecule has 0 amide bonds. The first-order valence-corrected chi connectivity index (χ1v) is 10.2. The number of benzene rings is 1. The van der Waals surface area contributed by atoms with Crippen LogP contribution in [0, 0.1) is 6.92 Å². The van der Waals surface area contributed by atoms with Crippen LogP contribution in [0.5, 0.6) is 0 Å². The first kappa shape index (κ1) is 17.7. The van der Waals surface area contributed by atoms with Gasteiger partial charge in [-0.3, -0.25) is 0 Å². The number of aromatic amines is 1. The van der Waals surface area contributed by atoms with E-state index in [0.717, 1.165) is 46.9 Å². The van der Waals surface area contributed by atoms with Crippen molar-refractivity contribution in [3.05, 3.63) is 64.8 Å². The Labute approximate surface area is 163 Å². The smallest absolute Gasteiger partial charge is 0.186 e. The highest BCUT2D eigenvalue weighted by molar-refractivity contribution is 7.16. The molecule has 0 saturated carbocycles. The molecule has 0 aliphatic rings. The summed E-state index contributed by atoms with van der Waals surface area (Å²) >= 11 is 1.77. The maximum atomic E-state index is 4.95. The fraction of sp³-hybridized carbons (Fsp3) is 0.273. The predicted octanol–water partition coefficient (Wildman–Crippen LogP) is 5.43. The molecule has 0 bridgehead atoms. The van der Waals surface area contributed by atoms with E-state index in [0.29, 0.717) is 0 Å². The number of thiazole rings is 1. The average molecular weight is 377 g/mol. The van der Waals surface area contributed by atoms with Gasteiger partial charge in [0.15, 0.2) is 5.13 Å². The standard InChI is InChI=1S/C22H24N4S/c1-4-26(5-2)22-25-20(15(3)27-22)19-14-24-21-18(19)12-17(13-23-21)11-16-9-7-6-8-10-16/h6-10,12-14H,4-5,11H2,1-3H3,(H,23,24). The van der Waals surface area contributed by atoms with E-state index >= 15 is 0 Å². The lowest BCUT2D eigenvalue weighted by Crippen LogP contribution is -2.21. The minimum absolute atomic E-state index is 0.884. The Morgan fingerprint density at radius 3 is 2.59 bits per heavy atom. The normalized spacial score (nSPS) is 11.2. The molecule has 138 valence electrons. The maximum absolute atomic E-state index is 4.95. The number of aromatic nitrogens is 3. The second kappa shape index (κ2) is 7.53. The summed E-state index contributed by atoms with van der Waals surface area (Å²) in [5.41, 5.74) is 5.63. The third kappa shape index (κ3) is 3.47. The molecule has 0 radical (unpaired) electrons. The number of nitrogens with one attached hydrogen (secondary N) is 1. The molecule has 0 fully saturated rings. The van der Waals surface area contributed by atoms with E-state index in [4.69, 9.17) is 4.98 Å². The minimum Gasteiger partial charge on any atom is -0.349 e. The molecule has 4 nitrogen and oxygen atoms in total. The van der Waals surface area contributed by atoms with E-state index < -0.39 is 0 Å². The number of nitrogens with zero attached hydrogens (tertiary/aromatic N) is 3. The average Bonchev–Trinajstić information content (AvgIpc) is 3.26. The van der Waals surface area contributed by atoms with Gasteiger partial charge in [-0.25, -0.2) is 9.97 Å². The number of anilines is 1. The van der Waals surface area contributed by atoms with Crippen molar-refractivity contribution < 1.29 is 0 Å². The molecule has 0 spiro atoms. The largest absolute Gasteiger partial charge is 0.349 e. The Balaban J connectivity index is 1.73. The quantitative estimate of drug-likeness (QED) is 0.488. The van der Waals surface area contributed by atoms with Crippen LogP contribution in [0.25, 0.3) is 22.3 Å². The first-order valence-electron chi connectivity index (χ1n) is 9.42. The molecule has 5 heteroatoms. The van der Waals surface area contributed by atoms with Crippen LogP contribution in [-0.2, 0) is 6.42 Å². The highest BCUT2D eigenvalue weighted by Crippen LogP contribution is 2.36. The molecule has 3 heterocycles. The van der Waals surface area contributed by atoms with Gasteiger partial charge in [0.05, 0.1) is 5.69 Å². The van der Waals surface area contributed by atoms with Gasteiger partial charge in [0.2, 0.25) is 0 Å². The summed E-state index contributed by atoms with van der Waals surface area (Å²) in [5, 5.41) is 2.23. The Hall–Kier alpha value is -2.66. The summed E-state index contributed by atoms with van der Waals surface area (Å²) in [6, 6.07) is 12.8. The molecule has 4 rings (SSSR count). The van der Waals surface area contributed by atoms with E-state index in [1.165, 1.54) is 16.0 Å². The Bertz CT molecular complexity index is 1040. The van der Waals surface area contributed by atoms with Crippen molar-refractivity contribution in [3.8, 4) is 11.3 Å². The maximum Gasteiger partial charge on any atom is 0.186 e. The molecule has 3 aromatic heterocycles. The lowest BCUT2D eigenvalue weighted by Gasteiger charge is -2.16. The van der Waals surface area contributed by atoms with Crippen molar-refractivity contribution in [3.63, 3.8) is 0 Å². The number of H-pyrrole nitrogens is 1. The zero-order valence-corrected chi connectivity index (χ0v) is 16.8. The topological polar surface area (TPSA) is 44.8 Å². The monoisotopic (exact) mass is 376 g/mol. The van der Waals surface area contributed by atoms with Crippen LogP contribution < -0.4 is 4.90 Å². The number of fused-ring (bicyclic) bond motifs is 1. The third-order valence-electron chi connectivity index (χ3n) is 4.91. The summed E-state index contributed by atoms with van der Waals surface area (Å²) in [6.07, 6.45) is 4.89. The van der Waals surface area contributed by atoms with Gasteiger partial charge in [0, 0.05) is 41.3 Å². The summed E-state index contributed by atoms with van der Waals surface area (Å²) < 4.78 is 0. The van der Waals surface area contributed by atoms with Gasteiger partial charge >= 0.3 is 0 Å². The van der Waals surface area contributed by atoms with E-state index in [9.17, 15) is 0 Å². The van der Waals surface area contributed by atoms with Gasteiger partial charge in [0.25, 0.3) is 0 Å². The van der Waals surface area contributed by atoms with Gasteiger partial charge in [-0.2, -0.15) is 0 Å². The molecule has 0 aliphatic heterocycles. The molecule has 1 aromatic carbocycles. The molecule has 27 heavy (non-hydrogen) atoms. The fourth-order valence-electron chi connectivity index (χ4n) is 3.43. The van der Waals surface area contributed by atoms with Crippen molar-refractivity contribution >= 4 is 27.5 Å². The summed E-state index contributed by atoms with van der Waals surface area (Å²) in [7, 11) is 0. The second-order valence-electron chi connectivity index (χ2n) is 6.68. The first-order chi connectivity index (χ1) is 13.2. The van der Waals surface area contributed by atoms with Crippen LogP contribution in [0.4, 0.5) is 5.13 Å². The third-order valence-corrected chi connectivity index (χ3v) is 5.94. The summed E-state index contributed by atoms with van der Waals surface area (Å²) in [4.78, 5) is 16.4. The van der Waals surface area contributed by atoms with Gasteiger partial charge in [-0.15, -0.1) is 11.3 Å². The number of hydrogen-bond donors (Lipinski definition) is 1. The van der Waals surface area contributed by atoms with Crippen molar-refractivity contribution in [2.24, 2.45) is 0 Å². The van der Waals surface area contributed by atoms with E-state index in [1.807, 2.05) is 18.5 Å². The van der Waals surface area contributed by atoms with Gasteiger partial charge in [-0.05, 0) is 44.4 Å². The lowest BCUT2D eigenvalue weighted by molar-refractivity contribution is 0.860. The van der Waals surface area contributed by atoms with Crippen molar-refractivity contribution in [1.82, 2.24) is 15.0 Å². The zero-order chi connectivity index (χ0) is 18.8. The molecule has 0 aliphatic carbocycles. The highest BCUT2D eigenvalue weighted by atomic mass is 32.1. The second-order valence-corrected chi connectivity index (χ2v) is 7.86. The van der Waals surface area contributed by atoms with Crippen molar-refractivity contribution in [2.75, 3.05) is 18.0 Å². The van der Waals surface area contributed by atoms with Crippen molar-refractivity contribution in [1.29, 1.82) is 0 Å². The fourth-order valence-corrected chi connectivity index (χ4v) is 4.48. The molecule has 1 N–H and O–H groups in total. The van der Waals surface area contributed by atoms with Crippen LogP contribution >= 0.6 is 11.3 Å². The molecule has 4 aromatic rings. The Kier molecular flexibility index (Phi) is 4.94. The van der Waals surface area contributed by atoms with E-state index in [2.05, 4.69) is 66.0 Å². The van der Waals surface area contributed by atoms with Crippen molar-refractivity contribution in [2.45, 2.75) is 27.2 Å².